The van der Waals surface area contributed by atoms with E-state index in [1.165, 1.54) is 0 Å². The number of aromatic carboxylic acids is 1. The number of nitrogens with zero attached hydrogens (tertiary/aromatic N) is 1. The smallest absolute Gasteiger partial charge is 0.337 e. The van der Waals surface area contributed by atoms with E-state index in [0.717, 1.165) is 6.07 Å². The standard InChI is InChI=1S/C8H5Cl2F2NO2/c9-2-3-1-4(8(14)15)5(7(11)12)13-6(3)10/h1,7H,2H2,(H,14,15). The molecule has 1 N–H and O–H groups in total. The van der Waals surface area contributed by atoms with E-state index in [2.05, 4.69) is 4.98 Å². The van der Waals surface area contributed by atoms with Gasteiger partial charge >= 0.3 is 5.97 Å². The van der Waals surface area contributed by atoms with Crippen molar-refractivity contribution < 1.29 is 18.7 Å². The van der Waals surface area contributed by atoms with Crippen LogP contribution < -0.4 is 0 Å². The third kappa shape index (κ3) is 2.54. The highest BCUT2D eigenvalue weighted by molar-refractivity contribution is 6.31. The van der Waals surface area contributed by atoms with Gasteiger partial charge in [0, 0.05) is 5.56 Å². The number of carboxylic acids is 1. The van der Waals surface area contributed by atoms with E-state index in [0.29, 0.717) is 0 Å². The number of hydrogen-bond donors (Lipinski definition) is 1. The van der Waals surface area contributed by atoms with Crippen molar-refractivity contribution in [2.24, 2.45) is 0 Å². The first kappa shape index (κ1) is 12.1. The highest BCUT2D eigenvalue weighted by Gasteiger charge is 2.22. The number of rotatable bonds is 3. The maximum absolute atomic E-state index is 12.4. The van der Waals surface area contributed by atoms with Crippen LogP contribution >= 0.6 is 23.2 Å². The summed E-state index contributed by atoms with van der Waals surface area (Å²) in [5, 5.41) is 8.46. The van der Waals surface area contributed by atoms with Crippen LogP contribution in [0.3, 0.4) is 0 Å². The Hall–Kier alpha value is -0.940. The van der Waals surface area contributed by atoms with Crippen molar-refractivity contribution in [2.45, 2.75) is 12.3 Å². The van der Waals surface area contributed by atoms with Crippen LogP contribution in [0.15, 0.2) is 6.07 Å². The quantitative estimate of drug-likeness (QED) is 0.667. The van der Waals surface area contributed by atoms with E-state index < -0.39 is 23.7 Å². The summed E-state index contributed by atoms with van der Waals surface area (Å²) < 4.78 is 24.8. The molecule has 0 aliphatic carbocycles. The minimum Gasteiger partial charge on any atom is -0.478 e. The van der Waals surface area contributed by atoms with Crippen molar-refractivity contribution in [3.8, 4) is 0 Å². The number of aromatic nitrogens is 1. The van der Waals surface area contributed by atoms with E-state index in [1.807, 2.05) is 0 Å². The predicted octanol–water partition coefficient (Wildman–Crippen LogP) is 3.11. The van der Waals surface area contributed by atoms with Crippen LogP contribution in [0.25, 0.3) is 0 Å². The largest absolute Gasteiger partial charge is 0.478 e. The second-order valence-corrected chi connectivity index (χ2v) is 3.24. The molecule has 0 unspecified atom stereocenters. The zero-order chi connectivity index (χ0) is 11.6. The van der Waals surface area contributed by atoms with Crippen molar-refractivity contribution in [1.29, 1.82) is 0 Å². The van der Waals surface area contributed by atoms with Crippen molar-refractivity contribution in [2.75, 3.05) is 0 Å². The minimum atomic E-state index is -2.99. The Morgan fingerprint density at radius 1 is 1.60 bits per heavy atom. The molecule has 7 heteroatoms. The van der Waals surface area contributed by atoms with Gasteiger partial charge in [0.05, 0.1) is 11.4 Å². The molecule has 0 saturated carbocycles. The van der Waals surface area contributed by atoms with Gasteiger partial charge in [-0.25, -0.2) is 18.6 Å². The second-order valence-electron chi connectivity index (χ2n) is 2.61. The molecule has 0 aliphatic heterocycles. The van der Waals surface area contributed by atoms with E-state index in [1.54, 1.807) is 0 Å². The van der Waals surface area contributed by atoms with Crippen LogP contribution in [0.1, 0.15) is 28.0 Å². The lowest BCUT2D eigenvalue weighted by molar-refractivity contribution is 0.0682. The molecule has 82 valence electrons. The van der Waals surface area contributed by atoms with Gasteiger partial charge in [-0.15, -0.1) is 11.6 Å². The molecule has 3 nitrogen and oxygen atoms in total. The summed E-state index contributed by atoms with van der Waals surface area (Å²) in [7, 11) is 0. The van der Waals surface area contributed by atoms with E-state index >= 15 is 0 Å². The van der Waals surface area contributed by atoms with Gasteiger partial charge in [-0.1, -0.05) is 11.6 Å². The van der Waals surface area contributed by atoms with Crippen LogP contribution in [0.2, 0.25) is 5.15 Å². The van der Waals surface area contributed by atoms with Gasteiger partial charge in [-0.2, -0.15) is 0 Å². The maximum Gasteiger partial charge on any atom is 0.337 e. The summed E-state index contributed by atoms with van der Waals surface area (Å²) in [6.45, 7) is 0. The first-order chi connectivity index (χ1) is 6.97. The summed E-state index contributed by atoms with van der Waals surface area (Å²) in [5.74, 6) is -1.57. The molecule has 0 fully saturated rings. The molecule has 0 amide bonds. The van der Waals surface area contributed by atoms with Crippen LogP contribution in [0.4, 0.5) is 8.78 Å². The molecule has 0 aromatic carbocycles. The molecule has 1 rings (SSSR count). The molecular formula is C8H5Cl2F2NO2. The van der Waals surface area contributed by atoms with Crippen LogP contribution in [-0.4, -0.2) is 16.1 Å². The van der Waals surface area contributed by atoms with Crippen molar-refractivity contribution >= 4 is 29.2 Å². The fourth-order valence-corrected chi connectivity index (χ4v) is 1.46. The molecule has 0 aliphatic rings. The SMILES string of the molecule is O=C(O)c1cc(CCl)c(Cl)nc1C(F)F. The third-order valence-electron chi connectivity index (χ3n) is 1.66. The van der Waals surface area contributed by atoms with Crippen LogP contribution in [0.5, 0.6) is 0 Å². The number of hydrogen-bond acceptors (Lipinski definition) is 2. The topological polar surface area (TPSA) is 50.2 Å². The monoisotopic (exact) mass is 255 g/mol. The number of carbonyl (C=O) groups is 1. The molecule has 1 aromatic heterocycles. The highest BCUT2D eigenvalue weighted by atomic mass is 35.5. The van der Waals surface area contributed by atoms with Gasteiger partial charge < -0.3 is 5.11 Å². The minimum absolute atomic E-state index is 0.0877. The Morgan fingerprint density at radius 3 is 2.60 bits per heavy atom. The number of halogens is 4. The fourth-order valence-electron chi connectivity index (χ4n) is 0.977. The number of pyridine rings is 1. The third-order valence-corrected chi connectivity index (χ3v) is 2.27. The van der Waals surface area contributed by atoms with Crippen molar-refractivity contribution in [3.05, 3.63) is 28.0 Å². The summed E-state index contributed by atoms with van der Waals surface area (Å²) in [4.78, 5) is 14.0. The molecule has 0 saturated heterocycles. The molecule has 15 heavy (non-hydrogen) atoms. The Kier molecular flexibility index (Phi) is 3.82. The molecule has 1 aromatic rings. The number of alkyl halides is 3. The predicted molar refractivity (Wildman–Crippen MR) is 50.7 cm³/mol. The molecule has 0 bridgehead atoms. The first-order valence-electron chi connectivity index (χ1n) is 3.74. The summed E-state index contributed by atoms with van der Waals surface area (Å²) >= 11 is 11.0. The van der Waals surface area contributed by atoms with Crippen molar-refractivity contribution in [1.82, 2.24) is 4.98 Å². The normalized spacial score (nSPS) is 10.7. The van der Waals surface area contributed by atoms with E-state index in [4.69, 9.17) is 28.3 Å². The molecule has 0 radical (unpaired) electrons. The van der Waals surface area contributed by atoms with Crippen LogP contribution in [0, 0.1) is 0 Å². The van der Waals surface area contributed by atoms with E-state index in [9.17, 15) is 13.6 Å². The molecule has 1 heterocycles. The summed E-state index contributed by atoms with van der Waals surface area (Å²) in [6, 6.07) is 1.01. The Bertz CT molecular complexity index is 398. The van der Waals surface area contributed by atoms with Gasteiger partial charge in [-0.3, -0.25) is 0 Å². The van der Waals surface area contributed by atoms with Crippen LogP contribution in [-0.2, 0) is 5.88 Å². The van der Waals surface area contributed by atoms with Gasteiger partial charge in [-0.05, 0) is 6.07 Å². The zero-order valence-corrected chi connectivity index (χ0v) is 8.69. The Labute approximate surface area is 93.6 Å². The van der Waals surface area contributed by atoms with Gasteiger partial charge in [0.2, 0.25) is 0 Å². The fraction of sp³-hybridized carbons (Fsp3) is 0.250. The lowest BCUT2D eigenvalue weighted by Crippen LogP contribution is -2.07. The highest BCUT2D eigenvalue weighted by Crippen LogP contribution is 2.26. The van der Waals surface area contributed by atoms with Crippen molar-refractivity contribution in [3.63, 3.8) is 0 Å². The average Bonchev–Trinajstić information content (AvgIpc) is 2.16. The summed E-state index contributed by atoms with van der Waals surface area (Å²) in [5.41, 5.74) is -1.22. The second kappa shape index (κ2) is 4.72. The van der Waals surface area contributed by atoms with Gasteiger partial charge in [0.1, 0.15) is 10.8 Å². The number of carboxylic acid groups (broad SMARTS) is 1. The Balaban J connectivity index is 3.39. The summed E-state index contributed by atoms with van der Waals surface area (Å²) in [6.07, 6.45) is -2.99. The van der Waals surface area contributed by atoms with Gasteiger partial charge in [0.25, 0.3) is 6.43 Å². The zero-order valence-electron chi connectivity index (χ0n) is 7.18. The molecule has 0 spiro atoms. The van der Waals surface area contributed by atoms with E-state index in [-0.39, 0.29) is 16.6 Å². The average molecular weight is 256 g/mol. The first-order valence-corrected chi connectivity index (χ1v) is 4.65. The Morgan fingerprint density at radius 2 is 2.20 bits per heavy atom. The molecular weight excluding hydrogens is 251 g/mol. The molecule has 0 atom stereocenters. The lowest BCUT2D eigenvalue weighted by atomic mass is 10.1. The lowest BCUT2D eigenvalue weighted by Gasteiger charge is -2.07. The maximum atomic E-state index is 12.4. The van der Waals surface area contributed by atoms with Gasteiger partial charge in [0.15, 0.2) is 0 Å².